The number of nitrogens with two attached hydrogens (primary N) is 1. The monoisotopic (exact) mass is 174 g/mol. The molecule has 0 heterocycles. The number of amidine groups is 1. The van der Waals surface area contributed by atoms with Crippen molar-refractivity contribution in [2.45, 2.75) is 45.8 Å². The Bertz CT molecular complexity index is 161. The summed E-state index contributed by atoms with van der Waals surface area (Å²) in [6, 6.07) is 0. The molecule has 0 fully saturated rings. The van der Waals surface area contributed by atoms with Gasteiger partial charge in [0.05, 0.1) is 11.7 Å². The molecule has 12 heavy (non-hydrogen) atoms. The maximum Gasteiger partial charge on any atom is 0.141 e. The highest BCUT2D eigenvalue weighted by atomic mass is 16.5. The van der Waals surface area contributed by atoms with E-state index >= 15 is 0 Å². The molecule has 72 valence electrons. The first-order chi connectivity index (χ1) is 5.35. The molecule has 0 radical (unpaired) electrons. The minimum absolute atomic E-state index is 0.0269. The van der Waals surface area contributed by atoms with Gasteiger partial charge in [-0.1, -0.05) is 5.16 Å². The Kier molecular flexibility index (Phi) is 4.03. The molecule has 0 aromatic rings. The number of rotatable bonds is 3. The summed E-state index contributed by atoms with van der Waals surface area (Å²) < 4.78 is 5.54. The zero-order chi connectivity index (χ0) is 9.78. The molecule has 0 aliphatic heterocycles. The fourth-order valence-electron chi connectivity index (χ4n) is 0.981. The van der Waals surface area contributed by atoms with Gasteiger partial charge in [-0.15, -0.1) is 0 Å². The van der Waals surface area contributed by atoms with Gasteiger partial charge >= 0.3 is 0 Å². The minimum Gasteiger partial charge on any atom is -0.409 e. The molecule has 1 atom stereocenters. The van der Waals surface area contributed by atoms with Crippen LogP contribution in [0.15, 0.2) is 5.16 Å². The van der Waals surface area contributed by atoms with Gasteiger partial charge in [0, 0.05) is 6.42 Å². The summed E-state index contributed by atoms with van der Waals surface area (Å²) in [6.45, 7) is 7.80. The third-order valence-corrected chi connectivity index (χ3v) is 1.18. The maximum absolute atomic E-state index is 8.29. The van der Waals surface area contributed by atoms with Gasteiger partial charge in [0.1, 0.15) is 5.84 Å². The van der Waals surface area contributed by atoms with Crippen LogP contribution in [0.4, 0.5) is 0 Å². The Morgan fingerprint density at radius 1 is 1.58 bits per heavy atom. The van der Waals surface area contributed by atoms with Crippen molar-refractivity contribution in [1.82, 2.24) is 0 Å². The summed E-state index contributed by atoms with van der Waals surface area (Å²) in [7, 11) is 0. The van der Waals surface area contributed by atoms with Crippen LogP contribution in [0.5, 0.6) is 0 Å². The molecule has 3 N–H and O–H groups in total. The van der Waals surface area contributed by atoms with Gasteiger partial charge in [-0.25, -0.2) is 0 Å². The molecule has 0 aromatic carbocycles. The SMILES string of the molecule is CC(CC(N)=NO)OC(C)(C)C. The molecule has 0 rings (SSSR count). The second kappa shape index (κ2) is 4.30. The van der Waals surface area contributed by atoms with Crippen molar-refractivity contribution in [3.8, 4) is 0 Å². The molecule has 0 amide bonds. The van der Waals surface area contributed by atoms with E-state index in [-0.39, 0.29) is 17.5 Å². The van der Waals surface area contributed by atoms with Crippen molar-refractivity contribution in [3.05, 3.63) is 0 Å². The maximum atomic E-state index is 8.29. The Morgan fingerprint density at radius 3 is 2.42 bits per heavy atom. The Hall–Kier alpha value is -0.770. The van der Waals surface area contributed by atoms with E-state index < -0.39 is 0 Å². The summed E-state index contributed by atoms with van der Waals surface area (Å²) in [4.78, 5) is 0. The lowest BCUT2D eigenvalue weighted by molar-refractivity contribution is -0.0478. The van der Waals surface area contributed by atoms with Gasteiger partial charge in [0.25, 0.3) is 0 Å². The zero-order valence-corrected chi connectivity index (χ0v) is 8.16. The average Bonchev–Trinajstić information content (AvgIpc) is 1.82. The number of ether oxygens (including phenoxy) is 1. The van der Waals surface area contributed by atoms with Gasteiger partial charge in [-0.05, 0) is 27.7 Å². The highest BCUT2D eigenvalue weighted by Crippen LogP contribution is 2.12. The lowest BCUT2D eigenvalue weighted by Crippen LogP contribution is -2.29. The van der Waals surface area contributed by atoms with Crippen molar-refractivity contribution in [1.29, 1.82) is 0 Å². The van der Waals surface area contributed by atoms with Gasteiger partial charge in [-0.2, -0.15) is 0 Å². The predicted molar refractivity (Wildman–Crippen MR) is 48.3 cm³/mol. The fraction of sp³-hybridized carbons (Fsp3) is 0.875. The molecule has 0 saturated heterocycles. The van der Waals surface area contributed by atoms with E-state index in [4.69, 9.17) is 15.7 Å². The topological polar surface area (TPSA) is 67.8 Å². The highest BCUT2D eigenvalue weighted by molar-refractivity contribution is 5.79. The molecule has 0 aliphatic carbocycles. The van der Waals surface area contributed by atoms with E-state index in [1.165, 1.54) is 0 Å². The van der Waals surface area contributed by atoms with Crippen molar-refractivity contribution in [2.75, 3.05) is 0 Å². The van der Waals surface area contributed by atoms with Crippen LogP contribution in [0, 0.1) is 0 Å². The zero-order valence-electron chi connectivity index (χ0n) is 8.16. The van der Waals surface area contributed by atoms with E-state index in [9.17, 15) is 0 Å². The van der Waals surface area contributed by atoms with Crippen LogP contribution in [0.1, 0.15) is 34.1 Å². The highest BCUT2D eigenvalue weighted by Gasteiger charge is 2.15. The van der Waals surface area contributed by atoms with Crippen LogP contribution in [0.2, 0.25) is 0 Å². The first kappa shape index (κ1) is 11.2. The summed E-state index contributed by atoms with van der Waals surface area (Å²) in [5.74, 6) is 0.201. The number of hydrogen-bond donors (Lipinski definition) is 2. The van der Waals surface area contributed by atoms with E-state index in [0.717, 1.165) is 0 Å². The molecule has 0 saturated carbocycles. The quantitative estimate of drug-likeness (QED) is 0.293. The minimum atomic E-state index is -0.185. The summed E-state index contributed by atoms with van der Waals surface area (Å²) in [6.07, 6.45) is 0.425. The summed E-state index contributed by atoms with van der Waals surface area (Å²) in [5.41, 5.74) is 5.13. The standard InChI is InChI=1S/C8H18N2O2/c1-6(5-7(9)10-11)12-8(2,3)4/h6,11H,5H2,1-4H3,(H2,9,10). The lowest BCUT2D eigenvalue weighted by atomic mass is 10.1. The summed E-state index contributed by atoms with van der Waals surface area (Å²) >= 11 is 0. The number of hydrogen-bond acceptors (Lipinski definition) is 3. The van der Waals surface area contributed by atoms with Crippen molar-refractivity contribution in [2.24, 2.45) is 10.9 Å². The second-order valence-electron chi connectivity index (χ2n) is 3.84. The first-order valence-corrected chi connectivity index (χ1v) is 3.99. The normalized spacial score (nSPS) is 16.2. The molecule has 0 spiro atoms. The van der Waals surface area contributed by atoms with Crippen LogP contribution in [0.3, 0.4) is 0 Å². The molecule has 4 heteroatoms. The van der Waals surface area contributed by atoms with Gasteiger partial charge in [-0.3, -0.25) is 0 Å². The van der Waals surface area contributed by atoms with E-state index in [2.05, 4.69) is 5.16 Å². The van der Waals surface area contributed by atoms with Crippen LogP contribution in [0.25, 0.3) is 0 Å². The smallest absolute Gasteiger partial charge is 0.141 e. The lowest BCUT2D eigenvalue weighted by Gasteiger charge is -2.24. The van der Waals surface area contributed by atoms with Crippen molar-refractivity contribution in [3.63, 3.8) is 0 Å². The van der Waals surface area contributed by atoms with Crippen molar-refractivity contribution < 1.29 is 9.94 Å². The molecular weight excluding hydrogens is 156 g/mol. The molecule has 1 unspecified atom stereocenters. The van der Waals surface area contributed by atoms with Crippen LogP contribution in [-0.4, -0.2) is 22.7 Å². The van der Waals surface area contributed by atoms with E-state index in [1.807, 2.05) is 27.7 Å². The average molecular weight is 174 g/mol. The molecule has 0 bridgehead atoms. The van der Waals surface area contributed by atoms with Crippen LogP contribution < -0.4 is 5.73 Å². The van der Waals surface area contributed by atoms with E-state index in [1.54, 1.807) is 0 Å². The molecule has 4 nitrogen and oxygen atoms in total. The van der Waals surface area contributed by atoms with Gasteiger partial charge in [0.15, 0.2) is 0 Å². The Labute approximate surface area is 73.4 Å². The Balaban J connectivity index is 3.82. The summed E-state index contributed by atoms with van der Waals surface area (Å²) in [5, 5.41) is 11.2. The fourth-order valence-corrected chi connectivity index (χ4v) is 0.981. The predicted octanol–water partition coefficient (Wildman–Crippen LogP) is 1.33. The first-order valence-electron chi connectivity index (χ1n) is 3.99. The molecule has 0 aromatic heterocycles. The third kappa shape index (κ3) is 5.97. The van der Waals surface area contributed by atoms with Crippen LogP contribution in [-0.2, 0) is 4.74 Å². The van der Waals surface area contributed by atoms with E-state index in [0.29, 0.717) is 6.42 Å². The number of oxime groups is 1. The van der Waals surface area contributed by atoms with Crippen molar-refractivity contribution >= 4 is 5.84 Å². The molecule has 0 aliphatic rings. The number of nitrogens with zero attached hydrogens (tertiary/aromatic N) is 1. The van der Waals surface area contributed by atoms with Crippen LogP contribution >= 0.6 is 0 Å². The second-order valence-corrected chi connectivity index (χ2v) is 3.84. The third-order valence-electron chi connectivity index (χ3n) is 1.18. The molecular formula is C8H18N2O2. The van der Waals surface area contributed by atoms with Gasteiger partial charge in [0.2, 0.25) is 0 Å². The Morgan fingerprint density at radius 2 is 2.08 bits per heavy atom. The van der Waals surface area contributed by atoms with Gasteiger partial charge < -0.3 is 15.7 Å². The largest absolute Gasteiger partial charge is 0.409 e.